The number of carbonyl (C=O) groups excluding carboxylic acids is 2. The van der Waals surface area contributed by atoms with Crippen LogP contribution in [0.25, 0.3) is 11.0 Å². The fraction of sp³-hybridized carbons (Fsp3) is 0.357. The van der Waals surface area contributed by atoms with E-state index in [0.29, 0.717) is 18.9 Å². The van der Waals surface area contributed by atoms with E-state index in [0.717, 1.165) is 11.0 Å². The molecular formula is C14H19N5O2. The number of H-pyrrole nitrogens is 1. The van der Waals surface area contributed by atoms with Crippen molar-refractivity contribution >= 4 is 23.0 Å². The van der Waals surface area contributed by atoms with Gasteiger partial charge in [-0.2, -0.15) is 0 Å². The molecule has 0 aliphatic carbocycles. The second-order valence-electron chi connectivity index (χ2n) is 4.74. The second kappa shape index (κ2) is 6.74. The van der Waals surface area contributed by atoms with Gasteiger partial charge in [0.15, 0.2) is 0 Å². The van der Waals surface area contributed by atoms with E-state index in [2.05, 4.69) is 25.9 Å². The number of para-hydroxylation sites is 2. The molecule has 0 saturated heterocycles. The zero-order chi connectivity index (χ0) is 15.2. The number of nitrogens with zero attached hydrogens (tertiary/aromatic N) is 1. The van der Waals surface area contributed by atoms with Gasteiger partial charge in [-0.3, -0.25) is 4.79 Å². The minimum Gasteiger partial charge on any atom is -0.355 e. The summed E-state index contributed by atoms with van der Waals surface area (Å²) in [5, 5.41) is 8.06. The molecule has 4 N–H and O–H groups in total. The average Bonchev–Trinajstić information content (AvgIpc) is 2.87. The molecule has 2 rings (SSSR count). The largest absolute Gasteiger partial charge is 0.355 e. The Kier molecular flexibility index (Phi) is 4.76. The van der Waals surface area contributed by atoms with Crippen LogP contribution in [0.15, 0.2) is 24.3 Å². The van der Waals surface area contributed by atoms with Gasteiger partial charge < -0.3 is 20.9 Å². The van der Waals surface area contributed by atoms with E-state index in [4.69, 9.17) is 0 Å². The van der Waals surface area contributed by atoms with E-state index < -0.39 is 0 Å². The van der Waals surface area contributed by atoms with Crippen molar-refractivity contribution in [2.45, 2.75) is 19.9 Å². The standard InChI is InChI=1S/C14H19N5O2/c1-9(17-14(21)16-8-7-15-10(2)20)13-18-11-5-3-4-6-12(11)19-13/h3-6,9H,7-8H2,1-2H3,(H,15,20)(H,18,19)(H2,16,17,21)/t9-/m0/s1. The molecule has 0 radical (unpaired) electrons. The molecule has 0 spiro atoms. The number of imidazole rings is 1. The third kappa shape index (κ3) is 4.20. The molecule has 2 aromatic rings. The molecule has 0 aliphatic rings. The second-order valence-corrected chi connectivity index (χ2v) is 4.74. The van der Waals surface area contributed by atoms with Crippen LogP contribution >= 0.6 is 0 Å². The molecule has 7 heteroatoms. The van der Waals surface area contributed by atoms with Gasteiger partial charge in [-0.25, -0.2) is 9.78 Å². The first kappa shape index (κ1) is 14.8. The molecule has 7 nitrogen and oxygen atoms in total. The van der Waals surface area contributed by atoms with Gasteiger partial charge in [0.25, 0.3) is 0 Å². The van der Waals surface area contributed by atoms with Crippen molar-refractivity contribution in [3.8, 4) is 0 Å². The number of fused-ring (bicyclic) bond motifs is 1. The topological polar surface area (TPSA) is 98.9 Å². The molecule has 0 aliphatic heterocycles. The maximum atomic E-state index is 11.7. The molecule has 1 aromatic carbocycles. The van der Waals surface area contributed by atoms with Gasteiger partial charge in [0.05, 0.1) is 17.1 Å². The summed E-state index contributed by atoms with van der Waals surface area (Å²) in [6, 6.07) is 7.16. The zero-order valence-corrected chi connectivity index (χ0v) is 12.1. The molecule has 0 bridgehead atoms. The lowest BCUT2D eigenvalue weighted by Gasteiger charge is -2.12. The van der Waals surface area contributed by atoms with E-state index in [9.17, 15) is 9.59 Å². The van der Waals surface area contributed by atoms with Crippen LogP contribution in [0.5, 0.6) is 0 Å². The van der Waals surface area contributed by atoms with Crippen molar-refractivity contribution in [3.05, 3.63) is 30.1 Å². The maximum Gasteiger partial charge on any atom is 0.315 e. The zero-order valence-electron chi connectivity index (χ0n) is 12.1. The van der Waals surface area contributed by atoms with Crippen molar-refractivity contribution in [1.82, 2.24) is 25.9 Å². The Balaban J connectivity index is 1.84. The summed E-state index contributed by atoms with van der Waals surface area (Å²) in [7, 11) is 0. The van der Waals surface area contributed by atoms with Crippen LogP contribution in [-0.4, -0.2) is 35.0 Å². The molecular weight excluding hydrogens is 270 g/mol. The fourth-order valence-corrected chi connectivity index (χ4v) is 1.91. The van der Waals surface area contributed by atoms with E-state index in [1.165, 1.54) is 6.92 Å². The van der Waals surface area contributed by atoms with Gasteiger partial charge in [-0.05, 0) is 19.1 Å². The Morgan fingerprint density at radius 1 is 1.24 bits per heavy atom. The number of rotatable bonds is 5. The van der Waals surface area contributed by atoms with Gasteiger partial charge in [0, 0.05) is 20.0 Å². The number of hydrogen-bond donors (Lipinski definition) is 4. The summed E-state index contributed by atoms with van der Waals surface area (Å²) in [5.74, 6) is 0.584. The number of aromatic nitrogens is 2. The number of urea groups is 1. The Morgan fingerprint density at radius 3 is 2.67 bits per heavy atom. The SMILES string of the molecule is CC(=O)NCCNC(=O)N[C@@H](C)c1nc2ccccc2[nH]1. The molecule has 1 heterocycles. The predicted molar refractivity (Wildman–Crippen MR) is 79.7 cm³/mol. The number of nitrogens with one attached hydrogen (secondary N) is 4. The summed E-state index contributed by atoms with van der Waals surface area (Å²) in [6.07, 6.45) is 0. The van der Waals surface area contributed by atoms with Crippen molar-refractivity contribution in [2.24, 2.45) is 0 Å². The third-order valence-electron chi connectivity index (χ3n) is 2.95. The van der Waals surface area contributed by atoms with Gasteiger partial charge in [0.2, 0.25) is 5.91 Å². The number of aromatic amines is 1. The minimum atomic E-state index is -0.298. The average molecular weight is 289 g/mol. The first-order chi connectivity index (χ1) is 10.1. The Morgan fingerprint density at radius 2 is 1.95 bits per heavy atom. The molecule has 21 heavy (non-hydrogen) atoms. The van der Waals surface area contributed by atoms with E-state index in [-0.39, 0.29) is 18.0 Å². The van der Waals surface area contributed by atoms with Crippen molar-refractivity contribution in [3.63, 3.8) is 0 Å². The first-order valence-electron chi connectivity index (χ1n) is 6.79. The van der Waals surface area contributed by atoms with Gasteiger partial charge in [0.1, 0.15) is 5.82 Å². The number of carbonyl (C=O) groups is 2. The Hall–Kier alpha value is -2.57. The molecule has 3 amide bonds. The van der Waals surface area contributed by atoms with Crippen LogP contribution in [0.1, 0.15) is 25.7 Å². The third-order valence-corrected chi connectivity index (χ3v) is 2.95. The summed E-state index contributed by atoms with van der Waals surface area (Å²) in [5.41, 5.74) is 1.81. The quantitative estimate of drug-likeness (QED) is 0.619. The smallest absolute Gasteiger partial charge is 0.315 e. The minimum absolute atomic E-state index is 0.118. The predicted octanol–water partition coefficient (Wildman–Crippen LogP) is 1.06. The lowest BCUT2D eigenvalue weighted by molar-refractivity contribution is -0.118. The lowest BCUT2D eigenvalue weighted by atomic mass is 10.3. The maximum absolute atomic E-state index is 11.7. The monoisotopic (exact) mass is 289 g/mol. The number of hydrogen-bond acceptors (Lipinski definition) is 3. The Labute approximate surface area is 122 Å². The van der Waals surface area contributed by atoms with E-state index in [1.54, 1.807) is 0 Å². The molecule has 0 saturated carbocycles. The fourth-order valence-electron chi connectivity index (χ4n) is 1.91. The van der Waals surface area contributed by atoms with Crippen LogP contribution in [0.2, 0.25) is 0 Å². The van der Waals surface area contributed by atoms with Crippen LogP contribution in [0.3, 0.4) is 0 Å². The van der Waals surface area contributed by atoms with Crippen LogP contribution in [0.4, 0.5) is 4.79 Å². The van der Waals surface area contributed by atoms with Crippen molar-refractivity contribution in [2.75, 3.05) is 13.1 Å². The van der Waals surface area contributed by atoms with Gasteiger partial charge in [-0.1, -0.05) is 12.1 Å². The van der Waals surface area contributed by atoms with E-state index in [1.807, 2.05) is 31.2 Å². The summed E-state index contributed by atoms with van der Waals surface area (Å²) < 4.78 is 0. The van der Waals surface area contributed by atoms with Gasteiger partial charge in [-0.15, -0.1) is 0 Å². The van der Waals surface area contributed by atoms with Crippen molar-refractivity contribution < 1.29 is 9.59 Å². The lowest BCUT2D eigenvalue weighted by Crippen LogP contribution is -2.41. The highest BCUT2D eigenvalue weighted by molar-refractivity contribution is 5.76. The van der Waals surface area contributed by atoms with Crippen LogP contribution in [-0.2, 0) is 4.79 Å². The molecule has 0 fully saturated rings. The summed E-state index contributed by atoms with van der Waals surface area (Å²) in [4.78, 5) is 30.0. The number of amides is 3. The summed E-state index contributed by atoms with van der Waals surface area (Å²) >= 11 is 0. The highest BCUT2D eigenvalue weighted by atomic mass is 16.2. The van der Waals surface area contributed by atoms with Crippen molar-refractivity contribution in [1.29, 1.82) is 0 Å². The van der Waals surface area contributed by atoms with Crippen LogP contribution < -0.4 is 16.0 Å². The Bertz CT molecular complexity index is 604. The van der Waals surface area contributed by atoms with E-state index >= 15 is 0 Å². The molecule has 0 unspecified atom stereocenters. The van der Waals surface area contributed by atoms with Gasteiger partial charge >= 0.3 is 6.03 Å². The highest BCUT2D eigenvalue weighted by Crippen LogP contribution is 2.15. The molecule has 1 aromatic heterocycles. The van der Waals surface area contributed by atoms with Crippen LogP contribution in [0, 0.1) is 0 Å². The highest BCUT2D eigenvalue weighted by Gasteiger charge is 2.12. The summed E-state index contributed by atoms with van der Waals surface area (Å²) in [6.45, 7) is 4.06. The molecule has 1 atom stereocenters. The normalized spacial score (nSPS) is 11.9. The first-order valence-corrected chi connectivity index (χ1v) is 6.79. The number of benzene rings is 1. The molecule has 112 valence electrons.